The molecule has 3 N–H and O–H groups in total. The summed E-state index contributed by atoms with van der Waals surface area (Å²) in [5, 5.41) is 3.25. The van der Waals surface area contributed by atoms with Crippen molar-refractivity contribution in [2.45, 2.75) is 0 Å². The van der Waals surface area contributed by atoms with Gasteiger partial charge in [-0.1, -0.05) is 0 Å². The van der Waals surface area contributed by atoms with Crippen molar-refractivity contribution in [1.82, 2.24) is 15.3 Å². The highest BCUT2D eigenvalue weighted by Gasteiger charge is 2.12. The molecule has 0 aliphatic carbocycles. The van der Waals surface area contributed by atoms with Gasteiger partial charge in [-0.2, -0.15) is 0 Å². The van der Waals surface area contributed by atoms with Gasteiger partial charge in [-0.15, -0.1) is 12.4 Å². The number of primary amides is 1. The first-order chi connectivity index (χ1) is 7.27. The van der Waals surface area contributed by atoms with Crippen LogP contribution < -0.4 is 16.0 Å². The van der Waals surface area contributed by atoms with Gasteiger partial charge < -0.3 is 16.0 Å². The summed E-state index contributed by atoms with van der Waals surface area (Å²) in [5.74, 6) is 0.246. The number of anilines is 1. The van der Waals surface area contributed by atoms with E-state index in [1.165, 1.54) is 6.20 Å². The fraction of sp³-hybridized carbons (Fsp3) is 0.444. The Morgan fingerprint density at radius 1 is 1.31 bits per heavy atom. The minimum Gasteiger partial charge on any atom is -0.364 e. The minimum absolute atomic E-state index is 0. The van der Waals surface area contributed by atoms with Crippen LogP contribution in [-0.4, -0.2) is 42.1 Å². The smallest absolute Gasteiger partial charge is 0.268 e. The van der Waals surface area contributed by atoms with E-state index >= 15 is 0 Å². The van der Waals surface area contributed by atoms with Crippen molar-refractivity contribution >= 4 is 24.1 Å². The molecule has 1 aliphatic rings. The van der Waals surface area contributed by atoms with E-state index < -0.39 is 5.91 Å². The van der Waals surface area contributed by atoms with Crippen molar-refractivity contribution in [1.29, 1.82) is 0 Å². The van der Waals surface area contributed by atoms with Gasteiger partial charge in [-0.3, -0.25) is 4.79 Å². The highest BCUT2D eigenvalue weighted by Crippen LogP contribution is 2.09. The molecule has 16 heavy (non-hydrogen) atoms. The normalized spacial score (nSPS) is 15.4. The van der Waals surface area contributed by atoms with E-state index in [4.69, 9.17) is 5.73 Å². The van der Waals surface area contributed by atoms with Crippen molar-refractivity contribution in [3.8, 4) is 0 Å². The summed E-state index contributed by atoms with van der Waals surface area (Å²) in [6.45, 7) is 3.70. The molecule has 1 aliphatic heterocycles. The summed E-state index contributed by atoms with van der Waals surface area (Å²) in [6, 6.07) is 0. The number of amides is 1. The van der Waals surface area contributed by atoms with E-state index in [1.54, 1.807) is 6.20 Å². The number of piperazine rings is 1. The number of carbonyl (C=O) groups excluding carboxylic acids is 1. The van der Waals surface area contributed by atoms with Crippen LogP contribution in [0.4, 0.5) is 5.82 Å². The highest BCUT2D eigenvalue weighted by atomic mass is 35.5. The predicted octanol–water partition coefficient (Wildman–Crippen LogP) is -0.593. The number of nitrogens with two attached hydrogens (primary N) is 1. The largest absolute Gasteiger partial charge is 0.364 e. The van der Waals surface area contributed by atoms with E-state index in [2.05, 4.69) is 20.2 Å². The molecule has 1 amide bonds. The van der Waals surface area contributed by atoms with Crippen molar-refractivity contribution in [2.75, 3.05) is 31.1 Å². The van der Waals surface area contributed by atoms with Crippen LogP contribution in [0, 0.1) is 0 Å². The molecule has 0 spiro atoms. The lowest BCUT2D eigenvalue weighted by molar-refractivity contribution is 0.0995. The second-order valence-electron chi connectivity index (χ2n) is 3.36. The first-order valence-electron chi connectivity index (χ1n) is 4.85. The van der Waals surface area contributed by atoms with Crippen molar-refractivity contribution in [2.24, 2.45) is 5.73 Å². The van der Waals surface area contributed by atoms with Gasteiger partial charge in [0, 0.05) is 26.2 Å². The van der Waals surface area contributed by atoms with Crippen LogP contribution in [0.3, 0.4) is 0 Å². The SMILES string of the molecule is Cl.NC(=O)c1cnc(N2CCNCC2)cn1. The molecule has 0 atom stereocenters. The van der Waals surface area contributed by atoms with Gasteiger partial charge in [0.15, 0.2) is 0 Å². The van der Waals surface area contributed by atoms with Crippen LogP contribution in [-0.2, 0) is 0 Å². The molecule has 7 heteroatoms. The molecule has 1 saturated heterocycles. The molecule has 1 aromatic rings. The maximum atomic E-state index is 10.8. The molecule has 1 fully saturated rings. The van der Waals surface area contributed by atoms with Crippen molar-refractivity contribution < 1.29 is 4.79 Å². The molecule has 1 aromatic heterocycles. The number of nitrogens with zero attached hydrogens (tertiary/aromatic N) is 3. The number of rotatable bonds is 2. The summed E-state index contributed by atoms with van der Waals surface area (Å²) in [4.78, 5) is 21.0. The standard InChI is InChI=1S/C9H13N5O.ClH/c10-9(15)7-5-13-8(6-12-7)14-3-1-11-2-4-14;/h5-6,11H,1-4H2,(H2,10,15);1H. The molecule has 2 heterocycles. The Balaban J connectivity index is 0.00000128. The Kier molecular flexibility index (Phi) is 4.45. The van der Waals surface area contributed by atoms with Crippen LogP contribution in [0.5, 0.6) is 0 Å². The number of aromatic nitrogens is 2. The van der Waals surface area contributed by atoms with E-state index in [0.717, 1.165) is 32.0 Å². The quantitative estimate of drug-likeness (QED) is 0.725. The van der Waals surface area contributed by atoms with Crippen LogP contribution in [0.1, 0.15) is 10.5 Å². The Labute approximate surface area is 99.7 Å². The van der Waals surface area contributed by atoms with Gasteiger partial charge in [0.2, 0.25) is 0 Å². The summed E-state index contributed by atoms with van der Waals surface area (Å²) in [6.07, 6.45) is 3.01. The zero-order valence-electron chi connectivity index (χ0n) is 8.72. The predicted molar refractivity (Wildman–Crippen MR) is 62.9 cm³/mol. The number of hydrogen-bond acceptors (Lipinski definition) is 5. The number of hydrogen-bond donors (Lipinski definition) is 2. The van der Waals surface area contributed by atoms with E-state index in [1.807, 2.05) is 0 Å². The van der Waals surface area contributed by atoms with E-state index in [9.17, 15) is 4.79 Å². The Morgan fingerprint density at radius 3 is 2.50 bits per heavy atom. The number of halogens is 1. The van der Waals surface area contributed by atoms with Crippen LogP contribution in [0.15, 0.2) is 12.4 Å². The van der Waals surface area contributed by atoms with Gasteiger partial charge in [0.1, 0.15) is 11.5 Å². The molecule has 6 nitrogen and oxygen atoms in total. The molecular formula is C9H14ClN5O. The number of nitrogens with one attached hydrogen (secondary N) is 1. The summed E-state index contributed by atoms with van der Waals surface area (Å²) in [7, 11) is 0. The summed E-state index contributed by atoms with van der Waals surface area (Å²) < 4.78 is 0. The fourth-order valence-electron chi connectivity index (χ4n) is 1.51. The average Bonchev–Trinajstić information content (AvgIpc) is 2.30. The van der Waals surface area contributed by atoms with Gasteiger partial charge in [-0.05, 0) is 0 Å². The summed E-state index contributed by atoms with van der Waals surface area (Å²) in [5.41, 5.74) is 5.28. The van der Waals surface area contributed by atoms with Gasteiger partial charge >= 0.3 is 0 Å². The zero-order valence-corrected chi connectivity index (χ0v) is 9.54. The van der Waals surface area contributed by atoms with E-state index in [0.29, 0.717) is 0 Å². The fourth-order valence-corrected chi connectivity index (χ4v) is 1.51. The average molecular weight is 244 g/mol. The third-order valence-corrected chi connectivity index (χ3v) is 2.33. The van der Waals surface area contributed by atoms with Gasteiger partial charge in [0.25, 0.3) is 5.91 Å². The Bertz CT molecular complexity index is 349. The molecule has 88 valence electrons. The van der Waals surface area contributed by atoms with Crippen LogP contribution in [0.2, 0.25) is 0 Å². The maximum absolute atomic E-state index is 10.8. The van der Waals surface area contributed by atoms with Crippen LogP contribution >= 0.6 is 12.4 Å². The monoisotopic (exact) mass is 243 g/mol. The number of carbonyl (C=O) groups is 1. The van der Waals surface area contributed by atoms with Crippen molar-refractivity contribution in [3.63, 3.8) is 0 Å². The van der Waals surface area contributed by atoms with E-state index in [-0.39, 0.29) is 18.1 Å². The van der Waals surface area contributed by atoms with Gasteiger partial charge in [-0.25, -0.2) is 9.97 Å². The highest BCUT2D eigenvalue weighted by molar-refractivity contribution is 5.90. The van der Waals surface area contributed by atoms with Crippen LogP contribution in [0.25, 0.3) is 0 Å². The topological polar surface area (TPSA) is 84.1 Å². The molecular weight excluding hydrogens is 230 g/mol. The lowest BCUT2D eigenvalue weighted by Crippen LogP contribution is -2.44. The second kappa shape index (κ2) is 5.62. The first-order valence-corrected chi connectivity index (χ1v) is 4.85. The molecule has 0 radical (unpaired) electrons. The van der Waals surface area contributed by atoms with Crippen molar-refractivity contribution in [3.05, 3.63) is 18.1 Å². The summed E-state index contributed by atoms with van der Waals surface area (Å²) >= 11 is 0. The maximum Gasteiger partial charge on any atom is 0.268 e. The molecule has 0 saturated carbocycles. The second-order valence-corrected chi connectivity index (χ2v) is 3.36. The molecule has 0 bridgehead atoms. The van der Waals surface area contributed by atoms with Gasteiger partial charge in [0.05, 0.1) is 12.4 Å². The third kappa shape index (κ3) is 2.80. The molecule has 0 aromatic carbocycles. The molecule has 2 rings (SSSR count). The lowest BCUT2D eigenvalue weighted by atomic mass is 10.3. The minimum atomic E-state index is -0.547. The third-order valence-electron chi connectivity index (χ3n) is 2.33. The molecule has 0 unspecified atom stereocenters. The zero-order chi connectivity index (χ0) is 10.7. The Morgan fingerprint density at radius 2 is 2.00 bits per heavy atom. The lowest BCUT2D eigenvalue weighted by Gasteiger charge is -2.27. The Hall–Kier alpha value is -1.40. The first kappa shape index (κ1) is 12.7.